The van der Waals surface area contributed by atoms with Crippen molar-refractivity contribution < 1.29 is 9.59 Å². The van der Waals surface area contributed by atoms with Crippen LogP contribution in [0.3, 0.4) is 0 Å². The van der Waals surface area contributed by atoms with E-state index in [-0.39, 0.29) is 22.9 Å². The highest BCUT2D eigenvalue weighted by Crippen LogP contribution is 2.30. The summed E-state index contributed by atoms with van der Waals surface area (Å²) in [7, 11) is 0. The maximum atomic E-state index is 13.5. The van der Waals surface area contributed by atoms with Gasteiger partial charge in [0, 0.05) is 29.5 Å². The average Bonchev–Trinajstić information content (AvgIpc) is 2.85. The van der Waals surface area contributed by atoms with Gasteiger partial charge in [0.2, 0.25) is 0 Å². The lowest BCUT2D eigenvalue weighted by molar-refractivity contribution is 0.0939. The van der Waals surface area contributed by atoms with Crippen molar-refractivity contribution in [3.63, 3.8) is 0 Å². The predicted molar refractivity (Wildman–Crippen MR) is 144 cm³/mol. The summed E-state index contributed by atoms with van der Waals surface area (Å²) in [6, 6.07) is 19.9. The van der Waals surface area contributed by atoms with Gasteiger partial charge in [-0.15, -0.1) is 0 Å². The van der Waals surface area contributed by atoms with Gasteiger partial charge in [-0.25, -0.2) is 0 Å². The van der Waals surface area contributed by atoms with Crippen LogP contribution in [-0.4, -0.2) is 24.9 Å². The molecule has 0 saturated carbocycles. The van der Waals surface area contributed by atoms with E-state index in [0.717, 1.165) is 37.2 Å². The third-order valence-electron chi connectivity index (χ3n) is 6.45. The zero-order chi connectivity index (χ0) is 24.9. The molecule has 1 fully saturated rings. The minimum absolute atomic E-state index is 0.163. The Kier molecular flexibility index (Phi) is 7.99. The minimum Gasteiger partial charge on any atom is -0.371 e. The first kappa shape index (κ1) is 25.1. The molecule has 0 radical (unpaired) electrons. The van der Waals surface area contributed by atoms with E-state index in [1.54, 1.807) is 18.2 Å². The molecule has 0 aromatic heterocycles. The SMILES string of the molecule is CC1CCN(c2ccc(NC(=O)c3ccc(Cl)cc3Cl)cc2C(=O)NC(C)c2ccccc2)CC1. The summed E-state index contributed by atoms with van der Waals surface area (Å²) in [6.07, 6.45) is 2.16. The number of hydrogen-bond acceptors (Lipinski definition) is 3. The second kappa shape index (κ2) is 11.1. The van der Waals surface area contributed by atoms with Crippen molar-refractivity contribution in [3.8, 4) is 0 Å². The smallest absolute Gasteiger partial charge is 0.257 e. The molecule has 4 rings (SSSR count). The number of halogens is 2. The van der Waals surface area contributed by atoms with Crippen molar-refractivity contribution in [2.24, 2.45) is 5.92 Å². The fourth-order valence-electron chi connectivity index (χ4n) is 4.29. The molecule has 1 aliphatic rings. The number of hydrogen-bond donors (Lipinski definition) is 2. The number of piperidine rings is 1. The van der Waals surface area contributed by atoms with Crippen LogP contribution in [0.1, 0.15) is 59.0 Å². The van der Waals surface area contributed by atoms with Gasteiger partial charge in [0.05, 0.1) is 22.2 Å². The summed E-state index contributed by atoms with van der Waals surface area (Å²) in [5.41, 5.74) is 3.26. The highest BCUT2D eigenvalue weighted by atomic mass is 35.5. The van der Waals surface area contributed by atoms with E-state index in [1.807, 2.05) is 49.4 Å². The van der Waals surface area contributed by atoms with E-state index < -0.39 is 0 Å². The number of nitrogens with one attached hydrogen (secondary N) is 2. The topological polar surface area (TPSA) is 61.4 Å². The Morgan fingerprint density at radius 1 is 0.914 bits per heavy atom. The van der Waals surface area contributed by atoms with Crippen LogP contribution in [0.4, 0.5) is 11.4 Å². The van der Waals surface area contributed by atoms with Crippen LogP contribution in [0.2, 0.25) is 10.0 Å². The van der Waals surface area contributed by atoms with Crippen LogP contribution in [0.25, 0.3) is 0 Å². The summed E-state index contributed by atoms with van der Waals surface area (Å²) in [4.78, 5) is 28.6. The molecule has 0 bridgehead atoms. The first-order chi connectivity index (χ1) is 16.8. The highest BCUT2D eigenvalue weighted by Gasteiger charge is 2.23. The van der Waals surface area contributed by atoms with E-state index >= 15 is 0 Å². The average molecular weight is 510 g/mol. The molecule has 0 spiro atoms. The van der Waals surface area contributed by atoms with Gasteiger partial charge >= 0.3 is 0 Å². The maximum Gasteiger partial charge on any atom is 0.257 e. The Bertz CT molecular complexity index is 1210. The number of benzene rings is 3. The molecule has 7 heteroatoms. The van der Waals surface area contributed by atoms with E-state index in [9.17, 15) is 9.59 Å². The molecule has 1 aliphatic heterocycles. The van der Waals surface area contributed by atoms with Crippen molar-refractivity contribution in [1.82, 2.24) is 5.32 Å². The highest BCUT2D eigenvalue weighted by molar-refractivity contribution is 6.37. The van der Waals surface area contributed by atoms with Crippen LogP contribution in [0, 0.1) is 5.92 Å². The lowest BCUT2D eigenvalue weighted by Crippen LogP contribution is -2.35. The van der Waals surface area contributed by atoms with E-state index in [2.05, 4.69) is 22.5 Å². The van der Waals surface area contributed by atoms with Gasteiger partial charge in [-0.1, -0.05) is 60.5 Å². The zero-order valence-corrected chi connectivity index (χ0v) is 21.4. The second-order valence-corrected chi connectivity index (χ2v) is 9.93. The monoisotopic (exact) mass is 509 g/mol. The molecule has 1 heterocycles. The van der Waals surface area contributed by atoms with Crippen LogP contribution in [0.15, 0.2) is 66.7 Å². The van der Waals surface area contributed by atoms with Crippen molar-refractivity contribution >= 4 is 46.4 Å². The summed E-state index contributed by atoms with van der Waals surface area (Å²) >= 11 is 12.2. The normalized spacial score (nSPS) is 14.9. The Hall–Kier alpha value is -3.02. The van der Waals surface area contributed by atoms with Gasteiger partial charge in [-0.2, -0.15) is 0 Å². The summed E-state index contributed by atoms with van der Waals surface area (Å²) in [6.45, 7) is 6.00. The Labute approximate surface area is 216 Å². The molecule has 3 aromatic rings. The van der Waals surface area contributed by atoms with E-state index in [1.165, 1.54) is 6.07 Å². The van der Waals surface area contributed by atoms with Gasteiger partial charge in [0.15, 0.2) is 0 Å². The Balaban J connectivity index is 1.61. The number of rotatable bonds is 6. The van der Waals surface area contributed by atoms with Crippen LogP contribution >= 0.6 is 23.2 Å². The molecule has 2 N–H and O–H groups in total. The Morgan fingerprint density at radius 2 is 1.63 bits per heavy atom. The van der Waals surface area contributed by atoms with Crippen molar-refractivity contribution in [3.05, 3.63) is 93.5 Å². The fraction of sp³-hybridized carbons (Fsp3) is 0.286. The number of anilines is 2. The summed E-state index contributed by atoms with van der Waals surface area (Å²) in [5.74, 6) is 0.121. The van der Waals surface area contributed by atoms with Crippen molar-refractivity contribution in [2.75, 3.05) is 23.3 Å². The van der Waals surface area contributed by atoms with E-state index in [0.29, 0.717) is 27.8 Å². The predicted octanol–water partition coefficient (Wildman–Crippen LogP) is 6.97. The minimum atomic E-state index is -0.366. The molecular weight excluding hydrogens is 481 g/mol. The van der Waals surface area contributed by atoms with Crippen LogP contribution in [0.5, 0.6) is 0 Å². The molecule has 5 nitrogen and oxygen atoms in total. The molecule has 3 aromatic carbocycles. The second-order valence-electron chi connectivity index (χ2n) is 9.09. The largest absolute Gasteiger partial charge is 0.371 e. The number of carbonyl (C=O) groups is 2. The number of nitrogens with zero attached hydrogens (tertiary/aromatic N) is 1. The number of amides is 2. The quantitative estimate of drug-likeness (QED) is 0.376. The third-order valence-corrected chi connectivity index (χ3v) is 6.99. The summed E-state index contributed by atoms with van der Waals surface area (Å²) in [5, 5.41) is 6.71. The summed E-state index contributed by atoms with van der Waals surface area (Å²) < 4.78 is 0. The van der Waals surface area contributed by atoms with Gasteiger partial charge < -0.3 is 15.5 Å². The zero-order valence-electron chi connectivity index (χ0n) is 19.9. The van der Waals surface area contributed by atoms with Crippen molar-refractivity contribution in [2.45, 2.75) is 32.7 Å². The lowest BCUT2D eigenvalue weighted by Gasteiger charge is -2.33. The van der Waals surface area contributed by atoms with Crippen LogP contribution < -0.4 is 15.5 Å². The van der Waals surface area contributed by atoms with Crippen LogP contribution in [-0.2, 0) is 0 Å². The molecule has 0 aliphatic carbocycles. The molecule has 2 amide bonds. The Morgan fingerprint density at radius 3 is 2.31 bits per heavy atom. The molecule has 1 atom stereocenters. The van der Waals surface area contributed by atoms with Crippen molar-refractivity contribution in [1.29, 1.82) is 0 Å². The first-order valence-electron chi connectivity index (χ1n) is 11.8. The molecule has 1 saturated heterocycles. The van der Waals surface area contributed by atoms with Gasteiger partial charge in [-0.3, -0.25) is 9.59 Å². The molecular formula is C28H29Cl2N3O2. The van der Waals surface area contributed by atoms with E-state index in [4.69, 9.17) is 23.2 Å². The van der Waals surface area contributed by atoms with Gasteiger partial charge in [-0.05, 0) is 67.6 Å². The fourth-order valence-corrected chi connectivity index (χ4v) is 4.79. The molecule has 1 unspecified atom stereocenters. The number of carbonyl (C=O) groups excluding carboxylic acids is 2. The third kappa shape index (κ3) is 6.16. The van der Waals surface area contributed by atoms with Gasteiger partial charge in [0.25, 0.3) is 11.8 Å². The molecule has 182 valence electrons. The maximum absolute atomic E-state index is 13.5. The van der Waals surface area contributed by atoms with Gasteiger partial charge in [0.1, 0.15) is 0 Å². The standard InChI is InChI=1S/C28H29Cl2N3O2/c1-18-12-14-33(15-13-18)26-11-9-22(32-27(34)23-10-8-21(29)16-25(23)30)17-24(26)28(35)31-19(2)20-6-4-3-5-7-20/h3-11,16-19H,12-15H2,1-2H3,(H,31,35)(H,32,34). The molecule has 35 heavy (non-hydrogen) atoms. The first-order valence-corrected chi connectivity index (χ1v) is 12.6. The lowest BCUT2D eigenvalue weighted by atomic mass is 9.97.